The van der Waals surface area contributed by atoms with Gasteiger partial charge < -0.3 is 28.6 Å². The van der Waals surface area contributed by atoms with Crippen molar-refractivity contribution in [3.8, 4) is 0 Å². The van der Waals surface area contributed by atoms with Gasteiger partial charge in [0.15, 0.2) is 5.76 Å². The van der Waals surface area contributed by atoms with E-state index >= 15 is 0 Å². The van der Waals surface area contributed by atoms with Crippen LogP contribution in [-0.2, 0) is 20.7 Å². The molecule has 9 nitrogen and oxygen atoms in total. The Morgan fingerprint density at radius 3 is 2.93 bits per heavy atom. The number of furan rings is 1. The monoisotopic (exact) mass is 391 g/mol. The highest BCUT2D eigenvalue weighted by molar-refractivity contribution is 5.91. The van der Waals surface area contributed by atoms with E-state index in [-0.39, 0.29) is 36.8 Å². The maximum Gasteiger partial charge on any atom is 0.287 e. The highest BCUT2D eigenvalue weighted by atomic mass is 16.5. The Balaban J connectivity index is 1.51. The van der Waals surface area contributed by atoms with Gasteiger partial charge in [-0.2, -0.15) is 0 Å². The molecule has 1 aliphatic rings. The highest BCUT2D eigenvalue weighted by Gasteiger charge is 2.26. The smallest absolute Gasteiger partial charge is 0.287 e. The van der Waals surface area contributed by atoms with Crippen LogP contribution in [0.1, 0.15) is 33.3 Å². The standard InChI is InChI=1S/C19H25N3O6/c1-12-16(13(2)28-21-12)8-14-4-5-17(27-14)19(24)20-9-15-10-22(6-7-25-3)18(23)11-26-15/h4-5,15H,6-11H2,1-3H3,(H,20,24). The van der Waals surface area contributed by atoms with Gasteiger partial charge in [0.1, 0.15) is 18.1 Å². The minimum absolute atomic E-state index is 0.00654. The van der Waals surface area contributed by atoms with Crippen LogP contribution in [-0.4, -0.2) is 67.9 Å². The molecule has 1 unspecified atom stereocenters. The molecule has 1 saturated heterocycles. The van der Waals surface area contributed by atoms with Crippen molar-refractivity contribution in [3.05, 3.63) is 40.7 Å². The van der Waals surface area contributed by atoms with E-state index in [9.17, 15) is 9.59 Å². The van der Waals surface area contributed by atoms with Crippen LogP contribution in [0.5, 0.6) is 0 Å². The summed E-state index contributed by atoms with van der Waals surface area (Å²) < 4.78 is 21.3. The molecule has 0 aliphatic carbocycles. The normalized spacial score (nSPS) is 17.2. The maximum atomic E-state index is 12.4. The minimum Gasteiger partial charge on any atom is -0.456 e. The van der Waals surface area contributed by atoms with Crippen molar-refractivity contribution < 1.29 is 28.0 Å². The molecule has 3 heterocycles. The highest BCUT2D eigenvalue weighted by Crippen LogP contribution is 2.19. The second-order valence-electron chi connectivity index (χ2n) is 6.72. The Labute approximate surface area is 162 Å². The van der Waals surface area contributed by atoms with E-state index in [0.717, 1.165) is 17.0 Å². The fraction of sp³-hybridized carbons (Fsp3) is 0.526. The molecular weight excluding hydrogens is 366 g/mol. The summed E-state index contributed by atoms with van der Waals surface area (Å²) in [5.41, 5.74) is 1.76. The zero-order chi connectivity index (χ0) is 20.1. The first-order valence-corrected chi connectivity index (χ1v) is 9.15. The number of morpholine rings is 1. The van der Waals surface area contributed by atoms with Crippen molar-refractivity contribution in [1.82, 2.24) is 15.4 Å². The molecular formula is C19H25N3O6. The summed E-state index contributed by atoms with van der Waals surface area (Å²) in [6.45, 7) is 5.39. The van der Waals surface area contributed by atoms with Gasteiger partial charge in [-0.25, -0.2) is 0 Å². The van der Waals surface area contributed by atoms with Crippen LogP contribution in [0.3, 0.4) is 0 Å². The van der Waals surface area contributed by atoms with Crippen molar-refractivity contribution in [1.29, 1.82) is 0 Å². The Morgan fingerprint density at radius 2 is 2.21 bits per heavy atom. The fourth-order valence-corrected chi connectivity index (χ4v) is 3.04. The van der Waals surface area contributed by atoms with E-state index in [1.807, 2.05) is 13.8 Å². The average Bonchev–Trinajstić information content (AvgIpc) is 3.28. The Kier molecular flexibility index (Phi) is 6.48. The fourth-order valence-electron chi connectivity index (χ4n) is 3.04. The second-order valence-corrected chi connectivity index (χ2v) is 6.72. The summed E-state index contributed by atoms with van der Waals surface area (Å²) in [6.07, 6.45) is 0.242. The molecule has 9 heteroatoms. The number of aryl methyl sites for hydroxylation is 2. The van der Waals surface area contributed by atoms with Gasteiger partial charge in [0.2, 0.25) is 5.91 Å². The Hall–Kier alpha value is -2.65. The van der Waals surface area contributed by atoms with Crippen LogP contribution >= 0.6 is 0 Å². The second kappa shape index (κ2) is 9.03. The van der Waals surface area contributed by atoms with Gasteiger partial charge in [0.05, 0.1) is 18.4 Å². The van der Waals surface area contributed by atoms with Crippen molar-refractivity contribution in [3.63, 3.8) is 0 Å². The first-order chi connectivity index (χ1) is 13.5. The molecule has 1 atom stereocenters. The summed E-state index contributed by atoms with van der Waals surface area (Å²) in [5, 5.41) is 6.72. The molecule has 1 N–H and O–H groups in total. The molecule has 1 aliphatic heterocycles. The molecule has 1 fully saturated rings. The van der Waals surface area contributed by atoms with E-state index in [1.54, 1.807) is 24.1 Å². The van der Waals surface area contributed by atoms with Crippen molar-refractivity contribution in [2.45, 2.75) is 26.4 Å². The number of amides is 2. The van der Waals surface area contributed by atoms with Gasteiger partial charge in [-0.15, -0.1) is 0 Å². The van der Waals surface area contributed by atoms with Gasteiger partial charge in [-0.1, -0.05) is 5.16 Å². The summed E-state index contributed by atoms with van der Waals surface area (Å²) in [6, 6.07) is 3.40. The third-order valence-corrected chi connectivity index (χ3v) is 4.69. The minimum atomic E-state index is -0.325. The largest absolute Gasteiger partial charge is 0.456 e. The topological polar surface area (TPSA) is 107 Å². The summed E-state index contributed by atoms with van der Waals surface area (Å²) in [5.74, 6) is 1.22. The number of hydrogen-bond donors (Lipinski definition) is 1. The van der Waals surface area contributed by atoms with E-state index in [4.69, 9.17) is 18.4 Å². The Morgan fingerprint density at radius 1 is 1.39 bits per heavy atom. The number of rotatable bonds is 8. The predicted molar refractivity (Wildman–Crippen MR) is 98.0 cm³/mol. The summed E-state index contributed by atoms with van der Waals surface area (Å²) >= 11 is 0. The van der Waals surface area contributed by atoms with Crippen molar-refractivity contribution >= 4 is 11.8 Å². The van der Waals surface area contributed by atoms with Crippen LogP contribution < -0.4 is 5.32 Å². The SMILES string of the molecule is COCCN1CC(CNC(=O)c2ccc(Cc3c(C)noc3C)o2)OCC1=O. The van der Waals surface area contributed by atoms with Gasteiger partial charge in [-0.3, -0.25) is 9.59 Å². The number of nitrogens with zero attached hydrogens (tertiary/aromatic N) is 2. The number of carbonyl (C=O) groups excluding carboxylic acids is 2. The summed E-state index contributed by atoms with van der Waals surface area (Å²) in [7, 11) is 1.59. The van der Waals surface area contributed by atoms with Gasteiger partial charge in [0, 0.05) is 38.7 Å². The van der Waals surface area contributed by atoms with Crippen LogP contribution in [0, 0.1) is 13.8 Å². The summed E-state index contributed by atoms with van der Waals surface area (Å²) in [4.78, 5) is 25.9. The maximum absolute atomic E-state index is 12.4. The number of ether oxygens (including phenoxy) is 2. The number of methoxy groups -OCH3 is 1. The quantitative estimate of drug-likeness (QED) is 0.717. The third kappa shape index (κ3) is 4.79. The predicted octanol–water partition coefficient (Wildman–Crippen LogP) is 1.08. The number of hydrogen-bond acceptors (Lipinski definition) is 7. The first kappa shape index (κ1) is 20.1. The van der Waals surface area contributed by atoms with E-state index in [2.05, 4.69) is 10.5 Å². The molecule has 2 aromatic heterocycles. The van der Waals surface area contributed by atoms with Crippen LogP contribution in [0.2, 0.25) is 0 Å². The zero-order valence-corrected chi connectivity index (χ0v) is 16.3. The molecule has 0 saturated carbocycles. The van der Waals surface area contributed by atoms with E-state index in [1.165, 1.54) is 0 Å². The lowest BCUT2D eigenvalue weighted by Gasteiger charge is -2.32. The molecule has 2 amide bonds. The van der Waals surface area contributed by atoms with Crippen LogP contribution in [0.25, 0.3) is 0 Å². The lowest BCUT2D eigenvalue weighted by molar-refractivity contribution is -0.149. The number of nitrogens with one attached hydrogen (secondary N) is 1. The van der Waals surface area contributed by atoms with Crippen LogP contribution in [0.4, 0.5) is 0 Å². The van der Waals surface area contributed by atoms with Gasteiger partial charge >= 0.3 is 0 Å². The van der Waals surface area contributed by atoms with Gasteiger partial charge in [0.25, 0.3) is 5.91 Å². The third-order valence-electron chi connectivity index (χ3n) is 4.69. The lowest BCUT2D eigenvalue weighted by atomic mass is 10.1. The van der Waals surface area contributed by atoms with Crippen molar-refractivity contribution in [2.75, 3.05) is 40.0 Å². The van der Waals surface area contributed by atoms with E-state index < -0.39 is 0 Å². The molecule has 0 bridgehead atoms. The molecule has 0 radical (unpaired) electrons. The molecule has 0 spiro atoms. The molecule has 0 aromatic carbocycles. The lowest BCUT2D eigenvalue weighted by Crippen LogP contribution is -2.51. The average molecular weight is 391 g/mol. The first-order valence-electron chi connectivity index (χ1n) is 9.15. The van der Waals surface area contributed by atoms with Crippen LogP contribution in [0.15, 0.2) is 21.1 Å². The Bertz CT molecular complexity index is 808. The van der Waals surface area contributed by atoms with Crippen molar-refractivity contribution in [2.24, 2.45) is 0 Å². The zero-order valence-electron chi connectivity index (χ0n) is 16.3. The number of carbonyl (C=O) groups is 2. The molecule has 2 aromatic rings. The van der Waals surface area contributed by atoms with Gasteiger partial charge in [-0.05, 0) is 26.0 Å². The molecule has 28 heavy (non-hydrogen) atoms. The number of aromatic nitrogens is 1. The molecule has 152 valence electrons. The van der Waals surface area contributed by atoms with E-state index in [0.29, 0.717) is 31.9 Å². The molecule has 3 rings (SSSR count).